The number of nitrogens with zero attached hydrogens (tertiary/aromatic N) is 4. The van der Waals surface area contributed by atoms with Gasteiger partial charge in [-0.15, -0.1) is 0 Å². The normalized spacial score (nSPS) is 16.3. The van der Waals surface area contributed by atoms with E-state index in [4.69, 9.17) is 16.6 Å². The molecule has 0 unspecified atom stereocenters. The SMILES string of the molecule is Cc1nn(-c2ccc(Cl)cc2)c2nc(N3CCC[C@H](C(=O)NCc4ccccc4F)C3)sc12. The second kappa shape index (κ2) is 9.11. The summed E-state index contributed by atoms with van der Waals surface area (Å²) >= 11 is 7.63. The number of hydrogen-bond donors (Lipinski definition) is 1. The highest BCUT2D eigenvalue weighted by Crippen LogP contribution is 2.34. The molecule has 170 valence electrons. The molecule has 1 aliphatic rings. The number of fused-ring (bicyclic) bond motifs is 1. The molecule has 1 aliphatic heterocycles. The van der Waals surface area contributed by atoms with Crippen molar-refractivity contribution in [3.63, 3.8) is 0 Å². The number of thiazole rings is 1. The van der Waals surface area contributed by atoms with Gasteiger partial charge < -0.3 is 10.2 Å². The molecule has 2 aromatic heterocycles. The first kappa shape index (κ1) is 21.9. The van der Waals surface area contributed by atoms with Crippen LogP contribution in [0.5, 0.6) is 0 Å². The van der Waals surface area contributed by atoms with Crippen LogP contribution in [0.15, 0.2) is 48.5 Å². The molecule has 0 radical (unpaired) electrons. The predicted octanol–water partition coefficient (Wildman–Crippen LogP) is 5.12. The summed E-state index contributed by atoms with van der Waals surface area (Å²) in [4.78, 5) is 19.9. The van der Waals surface area contributed by atoms with Gasteiger partial charge in [0.1, 0.15) is 5.82 Å². The highest BCUT2D eigenvalue weighted by atomic mass is 35.5. The van der Waals surface area contributed by atoms with Crippen molar-refractivity contribution in [3.8, 4) is 5.69 Å². The van der Waals surface area contributed by atoms with Gasteiger partial charge in [-0.2, -0.15) is 10.1 Å². The molecule has 6 nitrogen and oxygen atoms in total. The fourth-order valence-corrected chi connectivity index (χ4v) is 5.30. The predicted molar refractivity (Wildman–Crippen MR) is 130 cm³/mol. The smallest absolute Gasteiger partial charge is 0.225 e. The number of nitrogens with one attached hydrogen (secondary N) is 1. The number of carbonyl (C=O) groups is 1. The number of aryl methyl sites for hydroxylation is 1. The maximum absolute atomic E-state index is 13.9. The van der Waals surface area contributed by atoms with E-state index in [1.54, 1.807) is 29.5 Å². The standard InChI is InChI=1S/C24H23ClFN5OS/c1-15-21-22(31(29-15)19-10-8-18(25)9-11-19)28-24(33-21)30-12-4-6-17(14-30)23(32)27-13-16-5-2-3-7-20(16)26/h2-3,5,7-11,17H,4,6,12-14H2,1H3,(H,27,32)/t17-/m0/s1. The summed E-state index contributed by atoms with van der Waals surface area (Å²) in [5.41, 5.74) is 3.12. The zero-order chi connectivity index (χ0) is 22.9. The maximum atomic E-state index is 13.9. The van der Waals surface area contributed by atoms with Crippen LogP contribution in [0.4, 0.5) is 9.52 Å². The van der Waals surface area contributed by atoms with Crippen molar-refractivity contribution in [2.75, 3.05) is 18.0 Å². The van der Waals surface area contributed by atoms with Crippen LogP contribution < -0.4 is 10.2 Å². The lowest BCUT2D eigenvalue weighted by molar-refractivity contribution is -0.125. The molecule has 1 saturated heterocycles. The summed E-state index contributed by atoms with van der Waals surface area (Å²) in [5.74, 6) is -0.512. The summed E-state index contributed by atoms with van der Waals surface area (Å²) in [6, 6.07) is 14.0. The van der Waals surface area contributed by atoms with Gasteiger partial charge in [-0.1, -0.05) is 41.1 Å². The minimum Gasteiger partial charge on any atom is -0.352 e. The number of carbonyl (C=O) groups excluding carboxylic acids is 1. The lowest BCUT2D eigenvalue weighted by atomic mass is 9.97. The van der Waals surface area contributed by atoms with Gasteiger partial charge in [-0.3, -0.25) is 4.79 Å². The Bertz CT molecular complexity index is 1300. The Balaban J connectivity index is 1.32. The minimum atomic E-state index is -0.303. The molecule has 5 rings (SSSR count). The molecule has 0 aliphatic carbocycles. The van der Waals surface area contributed by atoms with Crippen molar-refractivity contribution >= 4 is 44.3 Å². The number of piperidine rings is 1. The van der Waals surface area contributed by atoms with E-state index >= 15 is 0 Å². The number of hydrogen-bond acceptors (Lipinski definition) is 5. The van der Waals surface area contributed by atoms with E-state index < -0.39 is 0 Å². The van der Waals surface area contributed by atoms with E-state index in [-0.39, 0.29) is 24.2 Å². The van der Waals surface area contributed by atoms with Gasteiger partial charge in [0.05, 0.1) is 22.0 Å². The zero-order valence-corrected chi connectivity index (χ0v) is 19.7. The van der Waals surface area contributed by atoms with E-state index in [0.717, 1.165) is 46.2 Å². The second-order valence-corrected chi connectivity index (χ2v) is 9.63. The lowest BCUT2D eigenvalue weighted by Gasteiger charge is -2.31. The third-order valence-electron chi connectivity index (χ3n) is 5.92. The molecule has 1 N–H and O–H groups in total. The van der Waals surface area contributed by atoms with E-state index in [0.29, 0.717) is 17.1 Å². The van der Waals surface area contributed by atoms with Crippen molar-refractivity contribution in [1.82, 2.24) is 20.1 Å². The molecule has 2 aromatic carbocycles. The summed E-state index contributed by atoms with van der Waals surface area (Å²) in [6.07, 6.45) is 1.71. The van der Waals surface area contributed by atoms with Crippen molar-refractivity contribution in [1.29, 1.82) is 0 Å². The Labute approximate surface area is 200 Å². The lowest BCUT2D eigenvalue weighted by Crippen LogP contribution is -2.43. The molecular weight excluding hydrogens is 461 g/mol. The molecule has 1 atom stereocenters. The highest BCUT2D eigenvalue weighted by molar-refractivity contribution is 7.22. The summed E-state index contributed by atoms with van der Waals surface area (Å²) < 4.78 is 16.7. The van der Waals surface area contributed by atoms with E-state index in [1.807, 2.05) is 35.9 Å². The number of halogens is 2. The highest BCUT2D eigenvalue weighted by Gasteiger charge is 2.28. The minimum absolute atomic E-state index is 0.0485. The molecule has 9 heteroatoms. The maximum Gasteiger partial charge on any atom is 0.225 e. The Morgan fingerprint density at radius 2 is 2.03 bits per heavy atom. The third kappa shape index (κ3) is 4.45. The molecule has 1 amide bonds. The van der Waals surface area contributed by atoms with Crippen LogP contribution in [0.3, 0.4) is 0 Å². The van der Waals surface area contributed by atoms with Crippen LogP contribution in [-0.4, -0.2) is 33.8 Å². The number of amides is 1. The fraction of sp³-hybridized carbons (Fsp3) is 0.292. The fourth-order valence-electron chi connectivity index (χ4n) is 4.15. The topological polar surface area (TPSA) is 63.1 Å². The Morgan fingerprint density at radius 1 is 1.24 bits per heavy atom. The number of rotatable bonds is 5. The van der Waals surface area contributed by atoms with Crippen molar-refractivity contribution in [2.45, 2.75) is 26.3 Å². The van der Waals surface area contributed by atoms with Crippen LogP contribution in [-0.2, 0) is 11.3 Å². The summed E-state index contributed by atoms with van der Waals surface area (Å²) in [6.45, 7) is 3.61. The second-order valence-electron chi connectivity index (χ2n) is 8.22. The first-order valence-corrected chi connectivity index (χ1v) is 12.1. The monoisotopic (exact) mass is 483 g/mol. The third-order valence-corrected chi connectivity index (χ3v) is 7.39. The molecule has 4 aromatic rings. The number of aromatic nitrogens is 3. The summed E-state index contributed by atoms with van der Waals surface area (Å²) in [7, 11) is 0. The van der Waals surface area contributed by atoms with E-state index in [2.05, 4.69) is 15.3 Å². The Kier molecular flexibility index (Phi) is 6.03. The molecular formula is C24H23ClFN5OS. The molecule has 1 fully saturated rings. The first-order chi connectivity index (χ1) is 16.0. The van der Waals surface area contributed by atoms with Gasteiger partial charge in [0.2, 0.25) is 5.91 Å². The quantitative estimate of drug-likeness (QED) is 0.428. The molecule has 0 spiro atoms. The average molecular weight is 484 g/mol. The van der Waals surface area contributed by atoms with E-state index in [1.165, 1.54) is 6.07 Å². The summed E-state index contributed by atoms with van der Waals surface area (Å²) in [5, 5.41) is 9.11. The van der Waals surface area contributed by atoms with Gasteiger partial charge in [0.15, 0.2) is 10.8 Å². The van der Waals surface area contributed by atoms with Crippen LogP contribution in [0.25, 0.3) is 16.0 Å². The van der Waals surface area contributed by atoms with Gasteiger partial charge in [-0.25, -0.2) is 9.07 Å². The Morgan fingerprint density at radius 3 is 2.82 bits per heavy atom. The molecule has 0 bridgehead atoms. The number of benzene rings is 2. The average Bonchev–Trinajstić information content (AvgIpc) is 3.40. The van der Waals surface area contributed by atoms with Crippen molar-refractivity contribution in [2.24, 2.45) is 5.92 Å². The van der Waals surface area contributed by atoms with Crippen LogP contribution >= 0.6 is 22.9 Å². The van der Waals surface area contributed by atoms with Gasteiger partial charge in [0.25, 0.3) is 0 Å². The van der Waals surface area contributed by atoms with Crippen LogP contribution in [0.2, 0.25) is 5.02 Å². The molecule has 3 heterocycles. The van der Waals surface area contributed by atoms with Gasteiger partial charge in [-0.05, 0) is 50.1 Å². The van der Waals surface area contributed by atoms with Crippen LogP contribution in [0.1, 0.15) is 24.1 Å². The van der Waals surface area contributed by atoms with Gasteiger partial charge in [0, 0.05) is 30.2 Å². The molecule has 0 saturated carbocycles. The van der Waals surface area contributed by atoms with Crippen LogP contribution in [0, 0.1) is 18.7 Å². The number of anilines is 1. The Hall–Kier alpha value is -2.97. The zero-order valence-electron chi connectivity index (χ0n) is 18.1. The van der Waals surface area contributed by atoms with Gasteiger partial charge >= 0.3 is 0 Å². The molecule has 33 heavy (non-hydrogen) atoms. The van der Waals surface area contributed by atoms with E-state index in [9.17, 15) is 9.18 Å². The van der Waals surface area contributed by atoms with Crippen molar-refractivity contribution in [3.05, 3.63) is 70.6 Å². The van der Waals surface area contributed by atoms with Crippen molar-refractivity contribution < 1.29 is 9.18 Å². The largest absolute Gasteiger partial charge is 0.352 e. The first-order valence-electron chi connectivity index (χ1n) is 10.9.